The highest BCUT2D eigenvalue weighted by molar-refractivity contribution is 5.90. The highest BCUT2D eigenvalue weighted by Gasteiger charge is 2.09. The molecule has 0 aromatic heterocycles. The fourth-order valence-corrected chi connectivity index (χ4v) is 1.91. The van der Waals surface area contributed by atoms with Gasteiger partial charge in [-0.15, -0.1) is 0 Å². The Morgan fingerprint density at radius 1 is 1.10 bits per heavy atom. The molecule has 0 aliphatic rings. The fraction of sp³-hybridized carbons (Fsp3) is 0.188. The molecule has 104 valence electrons. The SMILES string of the molecule is NC(CCC(=O)Nc1ccc(F)cc1)c1ccccc1. The zero-order valence-electron chi connectivity index (χ0n) is 11.1. The van der Waals surface area contributed by atoms with E-state index in [1.165, 1.54) is 24.3 Å². The van der Waals surface area contributed by atoms with Crippen molar-refractivity contribution >= 4 is 11.6 Å². The van der Waals surface area contributed by atoms with Crippen LogP contribution in [0.15, 0.2) is 54.6 Å². The number of halogens is 1. The minimum atomic E-state index is -0.325. The Bertz CT molecular complexity index is 554. The molecule has 0 aliphatic carbocycles. The smallest absolute Gasteiger partial charge is 0.224 e. The maximum atomic E-state index is 12.7. The Hall–Kier alpha value is -2.20. The number of carbonyl (C=O) groups is 1. The third kappa shape index (κ3) is 4.17. The summed E-state index contributed by atoms with van der Waals surface area (Å²) in [4.78, 5) is 11.8. The van der Waals surface area contributed by atoms with Crippen molar-refractivity contribution in [3.05, 3.63) is 66.0 Å². The topological polar surface area (TPSA) is 55.1 Å². The van der Waals surface area contributed by atoms with E-state index in [1.54, 1.807) is 0 Å². The second kappa shape index (κ2) is 6.82. The van der Waals surface area contributed by atoms with Gasteiger partial charge in [0.2, 0.25) is 5.91 Å². The first-order valence-electron chi connectivity index (χ1n) is 6.51. The van der Waals surface area contributed by atoms with Crippen LogP contribution in [0.1, 0.15) is 24.4 Å². The van der Waals surface area contributed by atoms with Crippen molar-refractivity contribution in [3.63, 3.8) is 0 Å². The van der Waals surface area contributed by atoms with E-state index in [1.807, 2.05) is 30.3 Å². The molecule has 0 spiro atoms. The Morgan fingerprint density at radius 3 is 2.40 bits per heavy atom. The predicted molar refractivity (Wildman–Crippen MR) is 77.6 cm³/mol. The summed E-state index contributed by atoms with van der Waals surface area (Å²) in [6, 6.07) is 15.2. The van der Waals surface area contributed by atoms with Crippen molar-refractivity contribution in [1.82, 2.24) is 0 Å². The van der Waals surface area contributed by atoms with Crippen molar-refractivity contribution in [3.8, 4) is 0 Å². The number of amides is 1. The molecule has 0 saturated carbocycles. The average molecular weight is 272 g/mol. The van der Waals surface area contributed by atoms with Gasteiger partial charge in [-0.2, -0.15) is 0 Å². The molecule has 2 rings (SSSR count). The number of hydrogen-bond donors (Lipinski definition) is 2. The normalized spacial score (nSPS) is 11.9. The number of nitrogens with two attached hydrogens (primary N) is 1. The largest absolute Gasteiger partial charge is 0.326 e. The quantitative estimate of drug-likeness (QED) is 0.878. The summed E-state index contributed by atoms with van der Waals surface area (Å²) in [7, 11) is 0. The summed E-state index contributed by atoms with van der Waals surface area (Å²) in [5.41, 5.74) is 7.63. The number of anilines is 1. The predicted octanol–water partition coefficient (Wildman–Crippen LogP) is 3.24. The summed E-state index contributed by atoms with van der Waals surface area (Å²) in [6.07, 6.45) is 0.893. The van der Waals surface area contributed by atoms with E-state index < -0.39 is 0 Å². The Balaban J connectivity index is 1.82. The molecule has 1 amide bonds. The van der Waals surface area contributed by atoms with Gasteiger partial charge in [0.15, 0.2) is 0 Å². The zero-order valence-corrected chi connectivity index (χ0v) is 11.1. The van der Waals surface area contributed by atoms with E-state index in [0.29, 0.717) is 18.5 Å². The van der Waals surface area contributed by atoms with Crippen LogP contribution in [0, 0.1) is 5.82 Å². The van der Waals surface area contributed by atoms with Crippen LogP contribution in [-0.2, 0) is 4.79 Å². The standard InChI is InChI=1S/C16H17FN2O/c17-13-6-8-14(9-7-13)19-16(20)11-10-15(18)12-4-2-1-3-5-12/h1-9,15H,10-11,18H2,(H,19,20). The first kappa shape index (κ1) is 14.2. The maximum Gasteiger partial charge on any atom is 0.224 e. The molecule has 0 aliphatic heterocycles. The molecule has 0 fully saturated rings. The second-order valence-electron chi connectivity index (χ2n) is 4.61. The first-order chi connectivity index (χ1) is 9.65. The monoisotopic (exact) mass is 272 g/mol. The molecule has 4 heteroatoms. The van der Waals surface area contributed by atoms with Gasteiger partial charge in [-0.3, -0.25) is 4.79 Å². The number of rotatable bonds is 5. The van der Waals surface area contributed by atoms with Crippen molar-refractivity contribution in [1.29, 1.82) is 0 Å². The molecular formula is C16H17FN2O. The molecule has 0 bridgehead atoms. The van der Waals surface area contributed by atoms with Crippen molar-refractivity contribution in [2.24, 2.45) is 5.73 Å². The van der Waals surface area contributed by atoms with Gasteiger partial charge >= 0.3 is 0 Å². The van der Waals surface area contributed by atoms with Crippen LogP contribution in [0.4, 0.5) is 10.1 Å². The van der Waals surface area contributed by atoms with Crippen LogP contribution in [0.25, 0.3) is 0 Å². The van der Waals surface area contributed by atoms with E-state index in [0.717, 1.165) is 5.56 Å². The summed E-state index contributed by atoms with van der Waals surface area (Å²) in [5.74, 6) is -0.447. The maximum absolute atomic E-state index is 12.7. The lowest BCUT2D eigenvalue weighted by atomic mass is 10.0. The second-order valence-corrected chi connectivity index (χ2v) is 4.61. The van der Waals surface area contributed by atoms with Crippen LogP contribution in [-0.4, -0.2) is 5.91 Å². The van der Waals surface area contributed by atoms with Gasteiger partial charge in [0, 0.05) is 18.2 Å². The fourth-order valence-electron chi connectivity index (χ4n) is 1.91. The Morgan fingerprint density at radius 2 is 1.75 bits per heavy atom. The van der Waals surface area contributed by atoms with Crippen molar-refractivity contribution < 1.29 is 9.18 Å². The molecule has 0 saturated heterocycles. The van der Waals surface area contributed by atoms with Gasteiger partial charge in [0.05, 0.1) is 0 Å². The van der Waals surface area contributed by atoms with Gasteiger partial charge in [0.25, 0.3) is 0 Å². The molecule has 1 atom stereocenters. The Labute approximate surface area is 117 Å². The molecule has 0 heterocycles. The minimum Gasteiger partial charge on any atom is -0.326 e. The molecule has 20 heavy (non-hydrogen) atoms. The van der Waals surface area contributed by atoms with Crippen molar-refractivity contribution in [2.45, 2.75) is 18.9 Å². The molecular weight excluding hydrogens is 255 g/mol. The molecule has 1 unspecified atom stereocenters. The van der Waals surface area contributed by atoms with Gasteiger partial charge in [-0.05, 0) is 36.2 Å². The lowest BCUT2D eigenvalue weighted by Gasteiger charge is -2.11. The number of nitrogens with one attached hydrogen (secondary N) is 1. The van der Waals surface area contributed by atoms with Gasteiger partial charge in [-0.1, -0.05) is 30.3 Å². The summed E-state index contributed by atoms with van der Waals surface area (Å²) >= 11 is 0. The van der Waals surface area contributed by atoms with Crippen LogP contribution < -0.4 is 11.1 Å². The van der Waals surface area contributed by atoms with Gasteiger partial charge in [0.1, 0.15) is 5.82 Å². The van der Waals surface area contributed by atoms with E-state index in [9.17, 15) is 9.18 Å². The van der Waals surface area contributed by atoms with E-state index >= 15 is 0 Å². The molecule has 0 radical (unpaired) electrons. The van der Waals surface area contributed by atoms with E-state index in [4.69, 9.17) is 5.73 Å². The third-order valence-corrected chi connectivity index (χ3v) is 3.04. The summed E-state index contributed by atoms with van der Waals surface area (Å²) < 4.78 is 12.7. The first-order valence-corrected chi connectivity index (χ1v) is 6.51. The molecule has 2 aromatic carbocycles. The highest BCUT2D eigenvalue weighted by Crippen LogP contribution is 2.16. The molecule has 2 aromatic rings. The van der Waals surface area contributed by atoms with Crippen LogP contribution in [0.2, 0.25) is 0 Å². The Kier molecular flexibility index (Phi) is 4.85. The number of hydrogen-bond acceptors (Lipinski definition) is 2. The lowest BCUT2D eigenvalue weighted by molar-refractivity contribution is -0.116. The third-order valence-electron chi connectivity index (χ3n) is 3.04. The molecule has 3 nitrogen and oxygen atoms in total. The number of carbonyl (C=O) groups excluding carboxylic acids is 1. The molecule has 3 N–H and O–H groups in total. The van der Waals surface area contributed by atoms with E-state index in [-0.39, 0.29) is 17.8 Å². The van der Waals surface area contributed by atoms with Crippen molar-refractivity contribution in [2.75, 3.05) is 5.32 Å². The van der Waals surface area contributed by atoms with Crippen LogP contribution in [0.3, 0.4) is 0 Å². The van der Waals surface area contributed by atoms with E-state index in [2.05, 4.69) is 5.32 Å². The number of benzene rings is 2. The van der Waals surface area contributed by atoms with Gasteiger partial charge < -0.3 is 11.1 Å². The van der Waals surface area contributed by atoms with Gasteiger partial charge in [-0.25, -0.2) is 4.39 Å². The minimum absolute atomic E-state index is 0.122. The lowest BCUT2D eigenvalue weighted by Crippen LogP contribution is -2.16. The summed E-state index contributed by atoms with van der Waals surface area (Å²) in [5, 5.41) is 2.71. The van der Waals surface area contributed by atoms with Crippen LogP contribution in [0.5, 0.6) is 0 Å². The average Bonchev–Trinajstić information content (AvgIpc) is 2.48. The highest BCUT2D eigenvalue weighted by atomic mass is 19.1. The van der Waals surface area contributed by atoms with Crippen LogP contribution >= 0.6 is 0 Å². The summed E-state index contributed by atoms with van der Waals surface area (Å²) in [6.45, 7) is 0. The zero-order chi connectivity index (χ0) is 14.4.